The number of fused-ring (bicyclic) bond motifs is 1. The van der Waals surface area contributed by atoms with Gasteiger partial charge in [0.15, 0.2) is 0 Å². The van der Waals surface area contributed by atoms with E-state index in [0.29, 0.717) is 10.8 Å². The van der Waals surface area contributed by atoms with Gasteiger partial charge in [-0.3, -0.25) is 10.1 Å². The first kappa shape index (κ1) is 18.6. The van der Waals surface area contributed by atoms with Gasteiger partial charge in [-0.2, -0.15) is 0 Å². The highest BCUT2D eigenvalue weighted by molar-refractivity contribution is 7.89. The number of nitro groups is 1. The summed E-state index contributed by atoms with van der Waals surface area (Å²) < 4.78 is 40.8. The summed E-state index contributed by atoms with van der Waals surface area (Å²) in [7, 11) is -3.85. The maximum Gasteiger partial charge on any atom is 0.296 e. The molecule has 0 amide bonds. The molecule has 4 rings (SSSR count). The van der Waals surface area contributed by atoms with Gasteiger partial charge in [-0.1, -0.05) is 6.42 Å². The van der Waals surface area contributed by atoms with Crippen molar-refractivity contribution in [3.8, 4) is 0 Å². The van der Waals surface area contributed by atoms with Crippen LogP contribution in [0.25, 0.3) is 0 Å². The van der Waals surface area contributed by atoms with E-state index in [1.54, 1.807) is 0 Å². The van der Waals surface area contributed by atoms with E-state index < -0.39 is 21.6 Å². The topological polar surface area (TPSA) is 101 Å². The quantitative estimate of drug-likeness (QED) is 0.543. The molecule has 1 aromatic carbocycles. The number of sulfonamides is 1. The Morgan fingerprint density at radius 3 is 2.52 bits per heavy atom. The van der Waals surface area contributed by atoms with Gasteiger partial charge in [0.1, 0.15) is 12.4 Å². The molecule has 7 nitrogen and oxygen atoms in total. The van der Waals surface area contributed by atoms with Crippen LogP contribution in [-0.4, -0.2) is 32.6 Å². The van der Waals surface area contributed by atoms with Crippen LogP contribution < -0.4 is 10.0 Å². The largest absolute Gasteiger partial charge is 0.377 e. The van der Waals surface area contributed by atoms with Crippen LogP contribution in [0.4, 0.5) is 15.8 Å². The van der Waals surface area contributed by atoms with E-state index >= 15 is 0 Å². The molecule has 27 heavy (non-hydrogen) atoms. The summed E-state index contributed by atoms with van der Waals surface area (Å²) >= 11 is 0. The lowest BCUT2D eigenvalue weighted by atomic mass is 9.65. The molecule has 2 N–H and O–H groups in total. The molecule has 0 radical (unpaired) electrons. The van der Waals surface area contributed by atoms with Crippen LogP contribution in [0.1, 0.15) is 44.1 Å². The van der Waals surface area contributed by atoms with Crippen molar-refractivity contribution in [1.29, 1.82) is 0 Å². The summed E-state index contributed by atoms with van der Waals surface area (Å²) in [4.78, 5) is 10.7. The van der Waals surface area contributed by atoms with Crippen LogP contribution in [0.5, 0.6) is 0 Å². The Kier molecular flexibility index (Phi) is 4.23. The number of nitrogens with zero attached hydrogens (tertiary/aromatic N) is 1. The Hall–Kier alpha value is -1.74. The number of hydrogen-bond donors (Lipinski definition) is 2. The van der Waals surface area contributed by atoms with Crippen molar-refractivity contribution >= 4 is 21.4 Å². The van der Waals surface area contributed by atoms with Crippen molar-refractivity contribution in [3.63, 3.8) is 0 Å². The lowest BCUT2D eigenvalue weighted by Gasteiger charge is -2.43. The molecule has 3 aliphatic rings. The molecule has 2 spiro atoms. The van der Waals surface area contributed by atoms with E-state index in [1.165, 1.54) is 44.7 Å². The second-order valence-electron chi connectivity index (χ2n) is 8.28. The summed E-state index contributed by atoms with van der Waals surface area (Å²) in [5, 5.41) is 14.1. The number of anilines is 1. The number of nitro benzene ring substituents is 1. The van der Waals surface area contributed by atoms with Gasteiger partial charge in [-0.25, -0.2) is 17.5 Å². The summed E-state index contributed by atoms with van der Waals surface area (Å²) in [6, 6.07) is 2.59. The molecule has 0 heterocycles. The molecule has 0 aromatic heterocycles. The predicted molar refractivity (Wildman–Crippen MR) is 99.0 cm³/mol. The zero-order valence-corrected chi connectivity index (χ0v) is 16.1. The van der Waals surface area contributed by atoms with Crippen molar-refractivity contribution in [3.05, 3.63) is 27.8 Å². The van der Waals surface area contributed by atoms with E-state index in [1.807, 2.05) is 0 Å². The first-order valence-electron chi connectivity index (χ1n) is 9.34. The summed E-state index contributed by atoms with van der Waals surface area (Å²) in [6.07, 6.45) is 6.77. The Morgan fingerprint density at radius 2 is 2.00 bits per heavy atom. The molecule has 0 saturated heterocycles. The van der Waals surface area contributed by atoms with Crippen LogP contribution in [0.3, 0.4) is 0 Å². The maximum absolute atomic E-state index is 12.8. The number of halogens is 1. The average molecular weight is 397 g/mol. The molecule has 3 fully saturated rings. The lowest BCUT2D eigenvalue weighted by molar-refractivity contribution is -0.384. The van der Waals surface area contributed by atoms with E-state index in [2.05, 4.69) is 10.0 Å². The fourth-order valence-corrected chi connectivity index (χ4v) is 6.75. The van der Waals surface area contributed by atoms with Crippen molar-refractivity contribution in [2.24, 2.45) is 10.8 Å². The Morgan fingerprint density at radius 1 is 1.30 bits per heavy atom. The second-order valence-corrected chi connectivity index (χ2v) is 9.96. The van der Waals surface area contributed by atoms with Crippen LogP contribution in [0.15, 0.2) is 17.0 Å². The van der Waals surface area contributed by atoms with E-state index in [0.717, 1.165) is 12.8 Å². The summed E-state index contributed by atoms with van der Waals surface area (Å²) in [6.45, 7) is 0.666. The lowest BCUT2D eigenvalue weighted by Crippen LogP contribution is -2.48. The van der Waals surface area contributed by atoms with Crippen molar-refractivity contribution in [2.75, 3.05) is 18.5 Å². The molecule has 0 unspecified atom stereocenters. The minimum Gasteiger partial charge on any atom is -0.377 e. The van der Waals surface area contributed by atoms with Crippen LogP contribution in [0, 0.1) is 27.9 Å². The molecule has 1 aromatic rings. The van der Waals surface area contributed by atoms with Crippen molar-refractivity contribution in [1.82, 2.24) is 4.72 Å². The Balaban J connectivity index is 1.51. The SMILES string of the molecule is Cc1c(S(=O)(=O)NC2CC3(C2)CC32CCC2)ccc(NCCF)c1[N+](=O)[O-]. The smallest absolute Gasteiger partial charge is 0.296 e. The molecule has 148 valence electrons. The number of hydrogen-bond acceptors (Lipinski definition) is 5. The van der Waals surface area contributed by atoms with E-state index in [9.17, 15) is 22.9 Å². The molecular formula is C18H24FN3O4S. The van der Waals surface area contributed by atoms with Gasteiger partial charge in [0, 0.05) is 18.2 Å². The molecular weight excluding hydrogens is 373 g/mol. The summed E-state index contributed by atoms with van der Waals surface area (Å²) in [5.41, 5.74) is 0.702. The van der Waals surface area contributed by atoms with Crippen LogP contribution in [-0.2, 0) is 10.0 Å². The standard InChI is InChI=1S/C18H24FN3O4S/c1-12-15(4-3-14(20-8-7-19)16(12)22(23)24)27(25,26)21-13-9-18(10-13)11-17(18)5-2-6-17/h3-4,13,20-21H,2,5-11H2,1H3. The second kappa shape index (κ2) is 6.13. The molecule has 9 heteroatoms. The maximum atomic E-state index is 12.8. The highest BCUT2D eigenvalue weighted by Crippen LogP contribution is 2.81. The van der Waals surface area contributed by atoms with Crippen LogP contribution in [0.2, 0.25) is 0 Å². The van der Waals surface area contributed by atoms with Gasteiger partial charge in [-0.15, -0.1) is 0 Å². The first-order valence-corrected chi connectivity index (χ1v) is 10.8. The third kappa shape index (κ3) is 2.82. The zero-order valence-electron chi connectivity index (χ0n) is 15.3. The minimum absolute atomic E-state index is 0.0623. The van der Waals surface area contributed by atoms with Gasteiger partial charge in [0.2, 0.25) is 10.0 Å². The predicted octanol–water partition coefficient (Wildman–Crippen LogP) is 3.29. The first-order chi connectivity index (χ1) is 12.7. The molecule has 3 aliphatic carbocycles. The van der Waals surface area contributed by atoms with Gasteiger partial charge >= 0.3 is 0 Å². The number of rotatable bonds is 7. The third-order valence-electron chi connectivity index (χ3n) is 6.85. The Labute approximate surface area is 157 Å². The van der Waals surface area contributed by atoms with Gasteiger partial charge in [0.25, 0.3) is 5.69 Å². The third-order valence-corrected chi connectivity index (χ3v) is 8.51. The number of nitrogens with one attached hydrogen (secondary N) is 2. The molecule has 0 atom stereocenters. The van der Waals surface area contributed by atoms with E-state index in [-0.39, 0.29) is 34.4 Å². The van der Waals surface area contributed by atoms with Gasteiger partial charge in [0.05, 0.1) is 9.82 Å². The zero-order chi connectivity index (χ0) is 19.4. The number of benzene rings is 1. The fraction of sp³-hybridized carbons (Fsp3) is 0.667. The molecule has 0 bridgehead atoms. The van der Waals surface area contributed by atoms with E-state index in [4.69, 9.17) is 0 Å². The van der Waals surface area contributed by atoms with Gasteiger partial charge < -0.3 is 5.32 Å². The highest BCUT2D eigenvalue weighted by Gasteiger charge is 2.73. The molecule has 0 aliphatic heterocycles. The van der Waals surface area contributed by atoms with Crippen LogP contribution >= 0.6 is 0 Å². The fourth-order valence-electron chi connectivity index (χ4n) is 5.27. The molecule has 3 saturated carbocycles. The summed E-state index contributed by atoms with van der Waals surface area (Å²) in [5.74, 6) is 0. The Bertz CT molecular complexity index is 892. The highest BCUT2D eigenvalue weighted by atomic mass is 32.2. The monoisotopic (exact) mass is 397 g/mol. The van der Waals surface area contributed by atoms with Gasteiger partial charge in [-0.05, 0) is 62.0 Å². The van der Waals surface area contributed by atoms with Crippen molar-refractivity contribution < 1.29 is 17.7 Å². The number of alkyl halides is 1. The average Bonchev–Trinajstić information content (AvgIpc) is 3.22. The van der Waals surface area contributed by atoms with Crippen molar-refractivity contribution in [2.45, 2.75) is 56.4 Å². The minimum atomic E-state index is -3.85. The normalized spacial score (nSPS) is 27.9.